The van der Waals surface area contributed by atoms with Crippen LogP contribution in [0.25, 0.3) is 5.57 Å². The van der Waals surface area contributed by atoms with Gasteiger partial charge in [-0.05, 0) is 42.5 Å². The van der Waals surface area contributed by atoms with Crippen molar-refractivity contribution in [3.05, 3.63) is 87.7 Å². The normalized spacial score (nSPS) is 19.4. The van der Waals surface area contributed by atoms with Gasteiger partial charge in [0.1, 0.15) is 5.76 Å². The number of esters is 2. The average molecular weight is 418 g/mol. The predicted octanol–water partition coefficient (Wildman–Crippen LogP) is 4.79. The predicted molar refractivity (Wildman–Crippen MR) is 117 cm³/mol. The van der Waals surface area contributed by atoms with Crippen LogP contribution in [0.1, 0.15) is 41.0 Å². The van der Waals surface area contributed by atoms with Gasteiger partial charge in [0.25, 0.3) is 0 Å². The van der Waals surface area contributed by atoms with Gasteiger partial charge in [-0.3, -0.25) is 9.59 Å². The molecule has 1 atom stereocenters. The maximum Gasteiger partial charge on any atom is 0.323 e. The summed E-state index contributed by atoms with van der Waals surface area (Å²) in [7, 11) is 2.56. The van der Waals surface area contributed by atoms with E-state index < -0.39 is 23.3 Å². The first-order valence-corrected chi connectivity index (χ1v) is 10.3. The van der Waals surface area contributed by atoms with Gasteiger partial charge in [-0.2, -0.15) is 0 Å². The van der Waals surface area contributed by atoms with Crippen LogP contribution in [0, 0.1) is 19.3 Å². The largest absolute Gasteiger partial charge is 0.511 e. The molecule has 0 saturated heterocycles. The van der Waals surface area contributed by atoms with Gasteiger partial charge < -0.3 is 14.6 Å². The van der Waals surface area contributed by atoms with E-state index in [2.05, 4.69) is 0 Å². The maximum absolute atomic E-state index is 12.8. The summed E-state index contributed by atoms with van der Waals surface area (Å²) in [6, 6.07) is 15.8. The molecule has 0 aromatic heterocycles. The van der Waals surface area contributed by atoms with Crippen molar-refractivity contribution in [3.8, 4) is 0 Å². The van der Waals surface area contributed by atoms with Crippen molar-refractivity contribution in [1.82, 2.24) is 0 Å². The lowest BCUT2D eigenvalue weighted by Crippen LogP contribution is -2.40. The molecule has 5 nitrogen and oxygen atoms in total. The first-order chi connectivity index (χ1) is 14.8. The topological polar surface area (TPSA) is 72.8 Å². The second-order valence-electron chi connectivity index (χ2n) is 8.39. The minimum absolute atomic E-state index is 0.136. The van der Waals surface area contributed by atoms with Gasteiger partial charge in [0, 0.05) is 12.0 Å². The maximum atomic E-state index is 12.8. The molecule has 4 rings (SSSR count). The third-order valence-electron chi connectivity index (χ3n) is 6.44. The smallest absolute Gasteiger partial charge is 0.323 e. The van der Waals surface area contributed by atoms with Crippen molar-refractivity contribution in [1.29, 1.82) is 0 Å². The van der Waals surface area contributed by atoms with Gasteiger partial charge in [0.2, 0.25) is 0 Å². The Kier molecular flexibility index (Phi) is 5.21. The van der Waals surface area contributed by atoms with Crippen LogP contribution in [0.4, 0.5) is 0 Å². The number of carbonyl (C=O) groups excluding carboxylic acids is 2. The highest BCUT2D eigenvalue weighted by atomic mass is 16.5. The SMILES string of the molecule is COC(=O)C1(C(=O)OC)CC2=C(C1)C(c1ccc(C)cc1)C(O)=C2c1ccc(C)cc1. The number of aliphatic hydroxyl groups is 1. The zero-order valence-corrected chi connectivity index (χ0v) is 18.2. The molecule has 1 unspecified atom stereocenters. The van der Waals surface area contributed by atoms with Crippen LogP contribution in [0.5, 0.6) is 0 Å². The van der Waals surface area contributed by atoms with E-state index in [1.54, 1.807) is 0 Å². The Morgan fingerprint density at radius 3 is 1.90 bits per heavy atom. The molecule has 0 bridgehead atoms. The molecule has 2 aromatic rings. The van der Waals surface area contributed by atoms with Crippen LogP contribution < -0.4 is 0 Å². The molecular weight excluding hydrogens is 392 g/mol. The molecule has 2 aliphatic rings. The molecule has 0 heterocycles. The van der Waals surface area contributed by atoms with Crippen molar-refractivity contribution in [3.63, 3.8) is 0 Å². The van der Waals surface area contributed by atoms with Gasteiger partial charge in [0.05, 0.1) is 20.1 Å². The molecule has 160 valence electrons. The van der Waals surface area contributed by atoms with Crippen molar-refractivity contribution >= 4 is 17.5 Å². The molecule has 0 fully saturated rings. The van der Waals surface area contributed by atoms with Crippen LogP contribution in [0.3, 0.4) is 0 Å². The summed E-state index contributed by atoms with van der Waals surface area (Å²) >= 11 is 0. The van der Waals surface area contributed by atoms with E-state index in [9.17, 15) is 14.7 Å². The molecule has 0 amide bonds. The first kappa shape index (κ1) is 20.9. The fraction of sp³-hybridized carbons (Fsp3) is 0.308. The number of hydrogen-bond donors (Lipinski definition) is 1. The minimum atomic E-state index is -1.44. The Labute approximate surface area is 182 Å². The van der Waals surface area contributed by atoms with E-state index in [0.29, 0.717) is 5.57 Å². The number of allylic oxidation sites excluding steroid dienone is 3. The number of aryl methyl sites for hydroxylation is 2. The van der Waals surface area contributed by atoms with E-state index in [1.807, 2.05) is 62.4 Å². The summed E-state index contributed by atoms with van der Waals surface area (Å²) in [4.78, 5) is 25.6. The lowest BCUT2D eigenvalue weighted by Gasteiger charge is -2.26. The molecule has 0 radical (unpaired) electrons. The van der Waals surface area contributed by atoms with E-state index in [0.717, 1.165) is 33.4 Å². The fourth-order valence-corrected chi connectivity index (χ4v) is 4.82. The Morgan fingerprint density at radius 2 is 1.39 bits per heavy atom. The van der Waals surface area contributed by atoms with Crippen molar-refractivity contribution in [2.24, 2.45) is 5.41 Å². The molecular formula is C26H26O5. The van der Waals surface area contributed by atoms with Crippen LogP contribution in [0.2, 0.25) is 0 Å². The second-order valence-corrected chi connectivity index (χ2v) is 8.39. The number of benzene rings is 2. The van der Waals surface area contributed by atoms with Crippen molar-refractivity contribution in [2.75, 3.05) is 14.2 Å². The number of hydrogen-bond acceptors (Lipinski definition) is 5. The zero-order chi connectivity index (χ0) is 22.3. The van der Waals surface area contributed by atoms with Crippen LogP contribution in [-0.4, -0.2) is 31.3 Å². The second kappa shape index (κ2) is 7.73. The van der Waals surface area contributed by atoms with Gasteiger partial charge in [0.15, 0.2) is 5.41 Å². The third kappa shape index (κ3) is 3.25. The van der Waals surface area contributed by atoms with Gasteiger partial charge in [-0.1, -0.05) is 59.7 Å². The lowest BCUT2D eigenvalue weighted by atomic mass is 9.78. The summed E-state index contributed by atoms with van der Waals surface area (Å²) < 4.78 is 10.0. The molecule has 0 spiro atoms. The highest BCUT2D eigenvalue weighted by Gasteiger charge is 2.57. The first-order valence-electron chi connectivity index (χ1n) is 10.3. The van der Waals surface area contributed by atoms with Crippen LogP contribution in [0.15, 0.2) is 65.4 Å². The molecule has 31 heavy (non-hydrogen) atoms. The monoisotopic (exact) mass is 418 g/mol. The summed E-state index contributed by atoms with van der Waals surface area (Å²) in [6.45, 7) is 4.01. The molecule has 5 heteroatoms. The fourth-order valence-electron chi connectivity index (χ4n) is 4.82. The molecule has 0 saturated carbocycles. The average Bonchev–Trinajstić information content (AvgIpc) is 3.27. The summed E-state index contributed by atoms with van der Waals surface area (Å²) in [5.74, 6) is -1.39. The van der Waals surface area contributed by atoms with E-state index in [-0.39, 0.29) is 18.6 Å². The zero-order valence-electron chi connectivity index (χ0n) is 18.2. The third-order valence-corrected chi connectivity index (χ3v) is 6.44. The summed E-state index contributed by atoms with van der Waals surface area (Å²) in [6.07, 6.45) is 0.289. The lowest BCUT2D eigenvalue weighted by molar-refractivity contribution is -0.168. The van der Waals surface area contributed by atoms with E-state index in [4.69, 9.17) is 9.47 Å². The molecule has 2 aromatic carbocycles. The number of carbonyl (C=O) groups is 2. The van der Waals surface area contributed by atoms with E-state index >= 15 is 0 Å². The number of methoxy groups -OCH3 is 2. The number of rotatable bonds is 4. The Bertz CT molecular complexity index is 1090. The van der Waals surface area contributed by atoms with Crippen molar-refractivity contribution < 1.29 is 24.2 Å². The van der Waals surface area contributed by atoms with Gasteiger partial charge >= 0.3 is 11.9 Å². The van der Waals surface area contributed by atoms with Crippen LogP contribution >= 0.6 is 0 Å². The summed E-state index contributed by atoms with van der Waals surface area (Å²) in [5.41, 5.74) is 4.94. The molecule has 1 N–H and O–H groups in total. The summed E-state index contributed by atoms with van der Waals surface area (Å²) in [5, 5.41) is 11.4. The Hall–Kier alpha value is -3.34. The van der Waals surface area contributed by atoms with Gasteiger partial charge in [-0.15, -0.1) is 0 Å². The van der Waals surface area contributed by atoms with Crippen molar-refractivity contribution in [2.45, 2.75) is 32.6 Å². The quantitative estimate of drug-likeness (QED) is 0.571. The van der Waals surface area contributed by atoms with Crippen LogP contribution in [-0.2, 0) is 19.1 Å². The van der Waals surface area contributed by atoms with Gasteiger partial charge in [-0.25, -0.2) is 0 Å². The number of aliphatic hydroxyl groups excluding tert-OH is 1. The highest BCUT2D eigenvalue weighted by Crippen LogP contribution is 2.59. The molecule has 0 aliphatic heterocycles. The Morgan fingerprint density at radius 1 is 0.871 bits per heavy atom. The molecule has 2 aliphatic carbocycles. The Balaban J connectivity index is 1.89. The highest BCUT2D eigenvalue weighted by molar-refractivity contribution is 6.04. The van der Waals surface area contributed by atoms with E-state index in [1.165, 1.54) is 14.2 Å². The standard InChI is InChI=1S/C26H26O5/c1-15-5-9-17(10-6-15)21-19-13-26(24(28)30-3,25(29)31-4)14-20(19)22(23(21)27)18-11-7-16(2)8-12-18/h5-12,21,27H,13-14H2,1-4H3. The number of ether oxygens (including phenoxy) is 2. The minimum Gasteiger partial charge on any atom is -0.511 e.